The number of hydrogen-bond acceptors (Lipinski definition) is 8. The molecule has 0 unspecified atom stereocenters. The van der Waals surface area contributed by atoms with Crippen molar-refractivity contribution in [3.05, 3.63) is 59.5 Å². The molecule has 2 aromatic carbocycles. The van der Waals surface area contributed by atoms with E-state index in [1.165, 1.54) is 0 Å². The van der Waals surface area contributed by atoms with Crippen molar-refractivity contribution in [3.63, 3.8) is 0 Å². The number of ketones is 1. The Hall–Kier alpha value is -4.05. The maximum Gasteiger partial charge on any atom is 0.411 e. The van der Waals surface area contributed by atoms with Gasteiger partial charge < -0.3 is 15.4 Å². The molecule has 1 spiro atoms. The van der Waals surface area contributed by atoms with Crippen molar-refractivity contribution >= 4 is 23.4 Å². The molecule has 2 aliphatic heterocycles. The first kappa shape index (κ1) is 29.0. The number of anilines is 2. The monoisotopic (exact) mass is 586 g/mol. The van der Waals surface area contributed by atoms with Gasteiger partial charge in [0.1, 0.15) is 17.0 Å². The van der Waals surface area contributed by atoms with Gasteiger partial charge in [-0.2, -0.15) is 9.37 Å². The zero-order valence-electron chi connectivity index (χ0n) is 25.5. The number of carbonyl (C=O) groups is 2. The van der Waals surface area contributed by atoms with Crippen LogP contribution in [0.5, 0.6) is 0 Å². The van der Waals surface area contributed by atoms with Crippen LogP contribution in [0.4, 0.5) is 20.7 Å². The number of Topliss-reactive ketones (excluding diaryl/α,β-unsaturated/α-hetero) is 1. The van der Waals surface area contributed by atoms with Crippen LogP contribution in [0, 0.1) is 5.95 Å². The zero-order valence-corrected chi connectivity index (χ0v) is 25.5. The summed E-state index contributed by atoms with van der Waals surface area (Å²) in [5.41, 5.74) is 8.92. The molecule has 9 nitrogen and oxygen atoms in total. The van der Waals surface area contributed by atoms with E-state index in [-0.39, 0.29) is 23.8 Å². The number of rotatable bonds is 4. The summed E-state index contributed by atoms with van der Waals surface area (Å²) >= 11 is 0. The predicted octanol–water partition coefficient (Wildman–Crippen LogP) is 5.48. The van der Waals surface area contributed by atoms with Gasteiger partial charge in [-0.05, 0) is 71.2 Å². The third-order valence-electron chi connectivity index (χ3n) is 8.68. The number of nitrogens with two attached hydrogens (primary N) is 1. The first-order chi connectivity index (χ1) is 20.4. The van der Waals surface area contributed by atoms with Gasteiger partial charge in [-0.3, -0.25) is 14.6 Å². The molecule has 3 heterocycles. The summed E-state index contributed by atoms with van der Waals surface area (Å²) in [6, 6.07) is 13.6. The molecule has 43 heavy (non-hydrogen) atoms. The van der Waals surface area contributed by atoms with Crippen LogP contribution in [0.3, 0.4) is 0 Å². The van der Waals surface area contributed by atoms with E-state index in [1.54, 1.807) is 37.8 Å². The number of piperazine rings is 1. The van der Waals surface area contributed by atoms with Crippen molar-refractivity contribution in [1.29, 1.82) is 0 Å². The third-order valence-corrected chi connectivity index (χ3v) is 8.68. The molecular formula is C33H39FN6O3. The lowest BCUT2D eigenvalue weighted by Crippen LogP contribution is -2.49. The van der Waals surface area contributed by atoms with Crippen molar-refractivity contribution in [3.8, 4) is 22.5 Å². The molecule has 1 amide bonds. The van der Waals surface area contributed by atoms with Crippen LogP contribution in [0.15, 0.2) is 42.5 Å². The van der Waals surface area contributed by atoms with Gasteiger partial charge in [0, 0.05) is 54.6 Å². The number of amides is 1. The number of nitrogen functional groups attached to an aromatic ring is 1. The molecule has 0 bridgehead atoms. The zero-order chi connectivity index (χ0) is 30.7. The second-order valence-corrected chi connectivity index (χ2v) is 13.0. The first-order valence-corrected chi connectivity index (χ1v) is 15.0. The minimum Gasteiger partial charge on any atom is -0.444 e. The molecule has 1 saturated heterocycles. The number of benzene rings is 2. The highest BCUT2D eigenvalue weighted by Gasteiger charge is 2.57. The number of fused-ring (bicyclic) bond motifs is 2. The van der Waals surface area contributed by atoms with Crippen LogP contribution in [0.1, 0.15) is 63.4 Å². The van der Waals surface area contributed by atoms with E-state index in [0.717, 1.165) is 37.4 Å². The van der Waals surface area contributed by atoms with Crippen LogP contribution in [0.2, 0.25) is 0 Å². The van der Waals surface area contributed by atoms with Gasteiger partial charge in [0.2, 0.25) is 5.95 Å². The van der Waals surface area contributed by atoms with Gasteiger partial charge in [-0.25, -0.2) is 9.78 Å². The average Bonchev–Trinajstić information content (AvgIpc) is 3.75. The summed E-state index contributed by atoms with van der Waals surface area (Å²) in [5, 5.41) is 0. The minimum atomic E-state index is -0.748. The molecule has 2 N–H and O–H groups in total. The van der Waals surface area contributed by atoms with Crippen molar-refractivity contribution in [2.75, 3.05) is 43.4 Å². The van der Waals surface area contributed by atoms with Crippen LogP contribution in [-0.2, 0) is 10.3 Å². The molecular weight excluding hydrogens is 547 g/mol. The maximum absolute atomic E-state index is 15.2. The van der Waals surface area contributed by atoms with E-state index in [0.29, 0.717) is 41.3 Å². The molecule has 6 rings (SSSR count). The van der Waals surface area contributed by atoms with Crippen LogP contribution in [0.25, 0.3) is 22.5 Å². The van der Waals surface area contributed by atoms with Crippen molar-refractivity contribution < 1.29 is 18.7 Å². The topological polar surface area (TPSA) is 105 Å². The van der Waals surface area contributed by atoms with E-state index in [2.05, 4.69) is 33.6 Å². The smallest absolute Gasteiger partial charge is 0.411 e. The van der Waals surface area contributed by atoms with Crippen LogP contribution < -0.4 is 10.6 Å². The van der Waals surface area contributed by atoms with E-state index >= 15 is 4.39 Å². The normalized spacial score (nSPS) is 18.3. The summed E-state index contributed by atoms with van der Waals surface area (Å²) in [4.78, 5) is 41.2. The van der Waals surface area contributed by atoms with Crippen LogP contribution in [-0.4, -0.2) is 76.0 Å². The Labute approximate surface area is 251 Å². The quantitative estimate of drug-likeness (QED) is 0.428. The Kier molecular flexibility index (Phi) is 7.15. The second kappa shape index (κ2) is 10.6. The molecule has 2 fully saturated rings. The number of carbonyl (C=O) groups excluding carboxylic acids is 2. The van der Waals surface area contributed by atoms with Gasteiger partial charge in [-0.1, -0.05) is 24.3 Å². The average molecular weight is 587 g/mol. The Morgan fingerprint density at radius 1 is 0.977 bits per heavy atom. The molecule has 1 aromatic heterocycles. The predicted molar refractivity (Wildman–Crippen MR) is 164 cm³/mol. The second-order valence-electron chi connectivity index (χ2n) is 13.0. The van der Waals surface area contributed by atoms with Crippen molar-refractivity contribution in [2.24, 2.45) is 0 Å². The van der Waals surface area contributed by atoms with Gasteiger partial charge in [0.25, 0.3) is 0 Å². The molecule has 3 aromatic rings. The number of ether oxygens (including phenoxy) is 1. The van der Waals surface area contributed by atoms with Gasteiger partial charge in [0.05, 0.1) is 12.1 Å². The number of nitrogens with zero attached hydrogens (tertiary/aromatic N) is 5. The molecule has 1 saturated carbocycles. The molecule has 226 valence electrons. The highest BCUT2D eigenvalue weighted by Crippen LogP contribution is 2.55. The fourth-order valence-corrected chi connectivity index (χ4v) is 6.21. The highest BCUT2D eigenvalue weighted by atomic mass is 19.1. The fraction of sp³-hybridized carbons (Fsp3) is 0.455. The largest absolute Gasteiger partial charge is 0.444 e. The van der Waals surface area contributed by atoms with E-state index in [9.17, 15) is 9.59 Å². The maximum atomic E-state index is 15.2. The SMILES string of the molecule is CC(C)N1CCN(c2ccc(-c3nc(-c4ccc5c(c4)C4(CC4)N(C(=O)OC(C)(C)C)CC5=O)c(N)nc3F)cc2)CC1. The van der Waals surface area contributed by atoms with Gasteiger partial charge in [0.15, 0.2) is 11.6 Å². The highest BCUT2D eigenvalue weighted by molar-refractivity contribution is 6.03. The molecule has 0 atom stereocenters. The van der Waals surface area contributed by atoms with E-state index in [1.807, 2.05) is 30.3 Å². The van der Waals surface area contributed by atoms with Gasteiger partial charge >= 0.3 is 6.09 Å². The number of hydrogen-bond donors (Lipinski definition) is 1. The Bertz CT molecular complexity index is 1570. The fourth-order valence-electron chi connectivity index (χ4n) is 6.21. The number of aromatic nitrogens is 2. The lowest BCUT2D eigenvalue weighted by molar-refractivity contribution is 0.0107. The van der Waals surface area contributed by atoms with E-state index < -0.39 is 23.2 Å². The minimum absolute atomic E-state index is 0.0344. The standard InChI is InChI=1S/C33H39FN6O3/c1-20(2)38-14-16-39(17-15-38)23-9-6-21(7-10-23)27-29(34)37-30(35)28(36-27)22-8-11-24-25(18-22)33(12-13-33)40(19-26(24)41)31(42)43-32(3,4)5/h6-11,18,20H,12-17,19H2,1-5H3,(H2,35,37). The lowest BCUT2D eigenvalue weighted by atomic mass is 9.88. The third kappa shape index (κ3) is 5.44. The molecule has 3 aliphatic rings. The summed E-state index contributed by atoms with van der Waals surface area (Å²) < 4.78 is 20.8. The molecule has 10 heteroatoms. The summed E-state index contributed by atoms with van der Waals surface area (Å²) in [6.07, 6.45) is 0.915. The summed E-state index contributed by atoms with van der Waals surface area (Å²) in [6.45, 7) is 13.7. The number of halogens is 1. The van der Waals surface area contributed by atoms with Crippen LogP contribution >= 0.6 is 0 Å². The lowest BCUT2D eigenvalue weighted by Gasteiger charge is -2.38. The molecule has 1 aliphatic carbocycles. The summed E-state index contributed by atoms with van der Waals surface area (Å²) in [7, 11) is 0. The Morgan fingerprint density at radius 3 is 2.23 bits per heavy atom. The van der Waals surface area contributed by atoms with E-state index in [4.69, 9.17) is 10.5 Å². The Balaban J connectivity index is 1.30. The summed E-state index contributed by atoms with van der Waals surface area (Å²) in [5.74, 6) is -0.950. The molecule has 0 radical (unpaired) electrons. The Morgan fingerprint density at radius 2 is 1.63 bits per heavy atom. The van der Waals surface area contributed by atoms with Gasteiger partial charge in [-0.15, -0.1) is 0 Å². The first-order valence-electron chi connectivity index (χ1n) is 15.0. The van der Waals surface area contributed by atoms with Crippen molar-refractivity contribution in [1.82, 2.24) is 19.8 Å². The van der Waals surface area contributed by atoms with Crippen molar-refractivity contribution in [2.45, 2.75) is 64.6 Å².